The van der Waals surface area contributed by atoms with Gasteiger partial charge in [0.05, 0.1) is 7.11 Å². The summed E-state index contributed by atoms with van der Waals surface area (Å²) >= 11 is 0. The molecule has 1 aromatic carbocycles. The van der Waals surface area contributed by atoms with E-state index in [1.807, 2.05) is 30.3 Å². The molecule has 0 radical (unpaired) electrons. The molecule has 92 valence electrons. The fourth-order valence-electron chi connectivity index (χ4n) is 1.53. The maximum absolute atomic E-state index is 10.6. The molecule has 0 N–H and O–H groups in total. The average molecular weight is 243 g/mol. The second-order valence-electron chi connectivity index (χ2n) is 3.57. The van der Waals surface area contributed by atoms with Crippen LogP contribution in [0.25, 0.3) is 17.0 Å². The number of fused-ring (bicyclic) bond motifs is 1. The van der Waals surface area contributed by atoms with E-state index in [9.17, 15) is 9.90 Å². The lowest BCUT2D eigenvalue weighted by Crippen LogP contribution is -2.25. The van der Waals surface area contributed by atoms with E-state index in [1.165, 1.54) is 19.3 Å². The number of rotatable bonds is 4. The normalized spacial score (nSPS) is 12.2. The zero-order chi connectivity index (χ0) is 13.0. The van der Waals surface area contributed by atoms with Crippen LogP contribution in [0.15, 0.2) is 52.7 Å². The van der Waals surface area contributed by atoms with Crippen molar-refractivity contribution in [2.24, 2.45) is 0 Å². The summed E-state index contributed by atoms with van der Waals surface area (Å²) in [5.74, 6) is -0.949. The summed E-state index contributed by atoms with van der Waals surface area (Å²) in [4.78, 5) is 10.6. The van der Waals surface area contributed by atoms with Gasteiger partial charge >= 0.3 is 0 Å². The molecule has 0 saturated heterocycles. The Morgan fingerprint density at radius 1 is 1.39 bits per heavy atom. The highest BCUT2D eigenvalue weighted by Gasteiger charge is 1.99. The van der Waals surface area contributed by atoms with Gasteiger partial charge in [0.1, 0.15) is 23.1 Å². The molecular formula is C14H11O4-. The Labute approximate surface area is 104 Å². The van der Waals surface area contributed by atoms with Crippen molar-refractivity contribution in [2.75, 3.05) is 7.11 Å². The Bertz CT molecular complexity index is 587. The lowest BCUT2D eigenvalue weighted by molar-refractivity contribution is -0.302. The lowest BCUT2D eigenvalue weighted by atomic mass is 10.2. The second-order valence-corrected chi connectivity index (χ2v) is 3.57. The molecule has 0 spiro atoms. The summed E-state index contributed by atoms with van der Waals surface area (Å²) in [6, 6.07) is 9.48. The molecule has 0 fully saturated rings. The van der Waals surface area contributed by atoms with Crippen molar-refractivity contribution in [3.8, 4) is 0 Å². The number of furan rings is 1. The predicted octanol–water partition coefficient (Wildman–Crippen LogP) is 1.73. The van der Waals surface area contributed by atoms with Crippen LogP contribution in [0.4, 0.5) is 0 Å². The number of carboxylic acid groups (broad SMARTS) is 1. The minimum Gasteiger partial charge on any atom is -0.542 e. The van der Waals surface area contributed by atoms with Gasteiger partial charge in [-0.1, -0.05) is 24.3 Å². The van der Waals surface area contributed by atoms with Crippen molar-refractivity contribution in [3.05, 3.63) is 54.0 Å². The van der Waals surface area contributed by atoms with Crippen LogP contribution in [0.2, 0.25) is 0 Å². The Hall–Kier alpha value is -2.49. The summed E-state index contributed by atoms with van der Waals surface area (Å²) in [6.45, 7) is 0. The summed E-state index contributed by atoms with van der Waals surface area (Å²) in [5.41, 5.74) is 0.785. The number of carbonyl (C=O) groups excluding carboxylic acids is 1. The highest BCUT2D eigenvalue weighted by Crippen LogP contribution is 2.19. The Balaban J connectivity index is 2.20. The molecule has 1 heterocycles. The third-order valence-corrected chi connectivity index (χ3v) is 2.37. The molecular weight excluding hydrogens is 232 g/mol. The maximum atomic E-state index is 10.6. The van der Waals surface area contributed by atoms with E-state index in [2.05, 4.69) is 4.74 Å². The fourth-order valence-corrected chi connectivity index (χ4v) is 1.53. The molecule has 1 aromatic heterocycles. The number of para-hydroxylation sites is 1. The molecule has 0 saturated carbocycles. The number of carboxylic acids is 1. The molecule has 4 heteroatoms. The van der Waals surface area contributed by atoms with Gasteiger partial charge in [-0.25, -0.2) is 0 Å². The molecule has 0 aliphatic heterocycles. The zero-order valence-electron chi connectivity index (χ0n) is 9.75. The van der Waals surface area contributed by atoms with Gasteiger partial charge in [-0.3, -0.25) is 0 Å². The highest BCUT2D eigenvalue weighted by molar-refractivity contribution is 5.83. The van der Waals surface area contributed by atoms with Crippen LogP contribution >= 0.6 is 0 Å². The van der Waals surface area contributed by atoms with E-state index in [0.29, 0.717) is 5.76 Å². The third-order valence-electron chi connectivity index (χ3n) is 2.37. The number of aliphatic carboxylic acids is 1. The number of benzene rings is 1. The SMILES string of the molecule is CO/C(=C\C=C\c1cc2ccccc2o1)C(=O)[O-]. The molecule has 0 unspecified atom stereocenters. The largest absolute Gasteiger partial charge is 0.542 e. The number of hydrogen-bond acceptors (Lipinski definition) is 4. The van der Waals surface area contributed by atoms with E-state index in [0.717, 1.165) is 11.0 Å². The molecule has 2 rings (SSSR count). The van der Waals surface area contributed by atoms with Gasteiger partial charge in [-0.15, -0.1) is 0 Å². The van der Waals surface area contributed by atoms with Gasteiger partial charge in [-0.2, -0.15) is 0 Å². The number of ether oxygens (including phenoxy) is 1. The Morgan fingerprint density at radius 3 is 2.83 bits per heavy atom. The van der Waals surface area contributed by atoms with Gasteiger partial charge in [0.2, 0.25) is 0 Å². The quantitative estimate of drug-likeness (QED) is 0.466. The van der Waals surface area contributed by atoms with Crippen LogP contribution < -0.4 is 5.11 Å². The number of methoxy groups -OCH3 is 1. The van der Waals surface area contributed by atoms with Crippen molar-refractivity contribution in [3.63, 3.8) is 0 Å². The highest BCUT2D eigenvalue weighted by atomic mass is 16.5. The van der Waals surface area contributed by atoms with E-state index >= 15 is 0 Å². The van der Waals surface area contributed by atoms with Crippen LogP contribution in [0, 0.1) is 0 Å². The third kappa shape index (κ3) is 2.60. The smallest absolute Gasteiger partial charge is 0.141 e. The fraction of sp³-hybridized carbons (Fsp3) is 0.0714. The first kappa shape index (κ1) is 12.0. The van der Waals surface area contributed by atoms with Gasteiger partial charge in [-0.05, 0) is 24.3 Å². The van der Waals surface area contributed by atoms with E-state index in [4.69, 9.17) is 4.42 Å². The molecule has 0 aliphatic carbocycles. The van der Waals surface area contributed by atoms with Crippen molar-refractivity contribution in [1.29, 1.82) is 0 Å². The Morgan fingerprint density at radius 2 is 2.17 bits per heavy atom. The summed E-state index contributed by atoms with van der Waals surface area (Å²) in [7, 11) is 1.27. The second kappa shape index (κ2) is 5.23. The van der Waals surface area contributed by atoms with E-state index in [1.54, 1.807) is 6.08 Å². The van der Waals surface area contributed by atoms with Crippen LogP contribution in [0.3, 0.4) is 0 Å². The van der Waals surface area contributed by atoms with Crippen molar-refractivity contribution >= 4 is 23.0 Å². The molecule has 0 atom stereocenters. The lowest BCUT2D eigenvalue weighted by Gasteiger charge is -2.03. The average Bonchev–Trinajstić information content (AvgIpc) is 2.76. The molecule has 0 aliphatic rings. The summed E-state index contributed by atoms with van der Waals surface area (Å²) in [5, 5.41) is 11.5. The van der Waals surface area contributed by atoms with Gasteiger partial charge < -0.3 is 19.1 Å². The topological polar surface area (TPSA) is 62.5 Å². The minimum absolute atomic E-state index is 0.234. The summed E-state index contributed by atoms with van der Waals surface area (Å²) in [6.07, 6.45) is 4.50. The van der Waals surface area contributed by atoms with Crippen LogP contribution in [-0.2, 0) is 9.53 Å². The minimum atomic E-state index is -1.35. The number of carbonyl (C=O) groups is 1. The van der Waals surface area contributed by atoms with Crippen molar-refractivity contribution in [1.82, 2.24) is 0 Å². The first-order chi connectivity index (χ1) is 8.70. The predicted molar refractivity (Wildman–Crippen MR) is 65.3 cm³/mol. The molecule has 4 nitrogen and oxygen atoms in total. The van der Waals surface area contributed by atoms with Gasteiger partial charge in [0.15, 0.2) is 0 Å². The van der Waals surface area contributed by atoms with E-state index in [-0.39, 0.29) is 5.76 Å². The van der Waals surface area contributed by atoms with Crippen molar-refractivity contribution < 1.29 is 19.1 Å². The molecule has 18 heavy (non-hydrogen) atoms. The van der Waals surface area contributed by atoms with Crippen LogP contribution in [0.1, 0.15) is 5.76 Å². The number of allylic oxidation sites excluding steroid dienone is 2. The molecule has 0 bridgehead atoms. The zero-order valence-corrected chi connectivity index (χ0v) is 9.75. The monoisotopic (exact) mass is 243 g/mol. The van der Waals surface area contributed by atoms with Crippen LogP contribution in [-0.4, -0.2) is 13.1 Å². The van der Waals surface area contributed by atoms with Gasteiger partial charge in [0, 0.05) is 5.39 Å². The standard InChI is InChI=1S/C14H12O4/c1-17-13(14(15)16)8-4-6-11-9-10-5-2-3-7-12(10)18-11/h2-9H,1H3,(H,15,16)/p-1/b6-4+,13-8-. The number of hydrogen-bond donors (Lipinski definition) is 0. The van der Waals surface area contributed by atoms with E-state index < -0.39 is 5.97 Å². The first-order valence-corrected chi connectivity index (χ1v) is 5.33. The van der Waals surface area contributed by atoms with Crippen molar-refractivity contribution in [2.45, 2.75) is 0 Å². The first-order valence-electron chi connectivity index (χ1n) is 5.33. The van der Waals surface area contributed by atoms with Gasteiger partial charge in [0.25, 0.3) is 0 Å². The maximum Gasteiger partial charge on any atom is 0.141 e. The molecule has 0 amide bonds. The molecule has 2 aromatic rings. The van der Waals surface area contributed by atoms with Crippen LogP contribution in [0.5, 0.6) is 0 Å². The Kier molecular flexibility index (Phi) is 3.48. The summed E-state index contributed by atoms with van der Waals surface area (Å²) < 4.78 is 10.1.